The number of nitrogens with zero attached hydrogens (tertiary/aromatic N) is 3. The normalized spacial score (nSPS) is 25.8. The summed E-state index contributed by atoms with van der Waals surface area (Å²) < 4.78 is 40.5. The van der Waals surface area contributed by atoms with Gasteiger partial charge >= 0.3 is 6.18 Å². The molecule has 140 valence electrons. The van der Waals surface area contributed by atoms with Crippen LogP contribution in [0.15, 0.2) is 16.6 Å². The minimum atomic E-state index is -4.43. The lowest BCUT2D eigenvalue weighted by Gasteiger charge is -2.45. The number of piperidine rings is 3. The van der Waals surface area contributed by atoms with Crippen LogP contribution in [0, 0.1) is 5.92 Å². The smallest absolute Gasteiger partial charge is 0.364 e. The van der Waals surface area contributed by atoms with E-state index in [0.717, 1.165) is 47.2 Å². The number of carbonyl (C=O) groups excluding carboxylic acids is 1. The molecule has 0 spiro atoms. The van der Waals surface area contributed by atoms with Crippen LogP contribution in [0.2, 0.25) is 0 Å². The van der Waals surface area contributed by atoms with Crippen LogP contribution in [-0.2, 0) is 6.54 Å². The first kappa shape index (κ1) is 17.8. The Kier molecular flexibility index (Phi) is 4.26. The van der Waals surface area contributed by atoms with Crippen molar-refractivity contribution in [1.29, 1.82) is 0 Å². The molecule has 3 aliphatic rings. The van der Waals surface area contributed by atoms with Crippen molar-refractivity contribution in [1.82, 2.24) is 14.7 Å². The third-order valence-corrected chi connectivity index (χ3v) is 6.19. The van der Waals surface area contributed by atoms with Crippen LogP contribution in [0.4, 0.5) is 13.2 Å². The molecule has 1 amide bonds. The molecule has 1 unspecified atom stereocenters. The Bertz CT molecular complexity index is 871. The van der Waals surface area contributed by atoms with Gasteiger partial charge in [-0.3, -0.25) is 9.48 Å². The number of primary amides is 1. The molecule has 4 heterocycles. The number of amides is 1. The molecule has 26 heavy (non-hydrogen) atoms. The number of carbonyl (C=O) groups is 1. The van der Waals surface area contributed by atoms with Crippen molar-refractivity contribution >= 4 is 32.7 Å². The second-order valence-electron chi connectivity index (χ2n) is 7.09. The zero-order valence-electron chi connectivity index (χ0n) is 13.9. The summed E-state index contributed by atoms with van der Waals surface area (Å²) in [6, 6.07) is 3.31. The zero-order valence-corrected chi connectivity index (χ0v) is 15.5. The topological polar surface area (TPSA) is 64.2 Å². The molecule has 2 bridgehead atoms. The van der Waals surface area contributed by atoms with Gasteiger partial charge in [-0.1, -0.05) is 15.9 Å². The van der Waals surface area contributed by atoms with Gasteiger partial charge in [0.15, 0.2) is 5.69 Å². The van der Waals surface area contributed by atoms with E-state index < -0.39 is 18.6 Å². The van der Waals surface area contributed by atoms with Gasteiger partial charge in [0.2, 0.25) is 0 Å². The fraction of sp³-hybridized carbons (Fsp3) is 0.529. The first-order valence-electron chi connectivity index (χ1n) is 8.52. The van der Waals surface area contributed by atoms with Crippen molar-refractivity contribution in [2.24, 2.45) is 11.7 Å². The summed E-state index contributed by atoms with van der Waals surface area (Å²) in [5.41, 5.74) is 6.53. The standard InChI is InChI=1S/C17H18BrF3N4O/c18-11-1-2-12-14(13(11)10-7-24-5-3-9(10)4-6-24)15(16(22)26)23-25(12)8-17(19,20)21/h1-2,9-10H,3-8H2,(H2,22,26). The maximum Gasteiger partial charge on any atom is 0.408 e. The number of hydrogen-bond acceptors (Lipinski definition) is 3. The number of hydrogen-bond donors (Lipinski definition) is 1. The summed E-state index contributed by atoms with van der Waals surface area (Å²) in [5.74, 6) is -0.206. The van der Waals surface area contributed by atoms with Crippen molar-refractivity contribution in [3.63, 3.8) is 0 Å². The van der Waals surface area contributed by atoms with Gasteiger partial charge in [-0.2, -0.15) is 18.3 Å². The number of rotatable bonds is 3. The van der Waals surface area contributed by atoms with E-state index in [1.807, 2.05) is 0 Å². The van der Waals surface area contributed by atoms with Gasteiger partial charge in [-0.25, -0.2) is 0 Å². The number of halogens is 4. The maximum atomic E-state index is 12.9. The molecule has 0 saturated carbocycles. The first-order chi connectivity index (χ1) is 12.2. The molecule has 9 heteroatoms. The SMILES string of the molecule is NC(=O)c1nn(CC(F)(F)F)c2ccc(Br)c(C3CN4CCC3CC4)c12. The molecule has 3 aliphatic heterocycles. The Morgan fingerprint density at radius 3 is 2.54 bits per heavy atom. The fourth-order valence-electron chi connectivity index (χ4n) is 4.39. The van der Waals surface area contributed by atoms with Gasteiger partial charge in [0.05, 0.1) is 5.52 Å². The minimum Gasteiger partial charge on any atom is -0.364 e. The highest BCUT2D eigenvalue weighted by atomic mass is 79.9. The molecule has 3 fully saturated rings. The predicted molar refractivity (Wildman–Crippen MR) is 93.9 cm³/mol. The summed E-state index contributed by atoms with van der Waals surface area (Å²) >= 11 is 3.55. The lowest BCUT2D eigenvalue weighted by molar-refractivity contribution is -0.141. The van der Waals surface area contributed by atoms with Crippen LogP contribution >= 0.6 is 15.9 Å². The van der Waals surface area contributed by atoms with Crippen LogP contribution in [0.5, 0.6) is 0 Å². The molecular formula is C17H18BrF3N4O. The van der Waals surface area contributed by atoms with E-state index in [-0.39, 0.29) is 11.6 Å². The maximum absolute atomic E-state index is 12.9. The lowest BCUT2D eigenvalue weighted by atomic mass is 9.74. The highest BCUT2D eigenvalue weighted by Crippen LogP contribution is 2.45. The monoisotopic (exact) mass is 430 g/mol. The van der Waals surface area contributed by atoms with E-state index in [9.17, 15) is 18.0 Å². The average molecular weight is 431 g/mol. The van der Waals surface area contributed by atoms with Gasteiger partial charge in [0.25, 0.3) is 5.91 Å². The second-order valence-corrected chi connectivity index (χ2v) is 7.94. The summed E-state index contributed by atoms with van der Waals surface area (Å²) in [4.78, 5) is 14.3. The van der Waals surface area contributed by atoms with Gasteiger partial charge in [-0.05, 0) is 49.5 Å². The Labute approximate surface area is 156 Å². The largest absolute Gasteiger partial charge is 0.408 e. The molecule has 5 rings (SSSR count). The van der Waals surface area contributed by atoms with Gasteiger partial charge in [0, 0.05) is 22.3 Å². The predicted octanol–water partition coefficient (Wildman–Crippen LogP) is 3.27. The Hall–Kier alpha value is -1.61. The van der Waals surface area contributed by atoms with Crippen molar-refractivity contribution in [2.45, 2.75) is 31.5 Å². The number of fused-ring (bicyclic) bond motifs is 4. The second kappa shape index (κ2) is 6.23. The van der Waals surface area contributed by atoms with Crippen LogP contribution in [0.1, 0.15) is 34.8 Å². The minimum absolute atomic E-state index is 0.0861. The molecule has 2 aromatic rings. The number of benzene rings is 1. The van der Waals surface area contributed by atoms with E-state index in [1.54, 1.807) is 12.1 Å². The molecule has 3 saturated heterocycles. The molecule has 0 radical (unpaired) electrons. The molecule has 2 N–H and O–H groups in total. The van der Waals surface area contributed by atoms with Gasteiger partial charge < -0.3 is 10.6 Å². The molecule has 0 aliphatic carbocycles. The van der Waals surface area contributed by atoms with Crippen LogP contribution in [-0.4, -0.2) is 46.4 Å². The number of alkyl halides is 3. The summed E-state index contributed by atoms with van der Waals surface area (Å²) in [6.45, 7) is 1.68. The Morgan fingerprint density at radius 2 is 2.00 bits per heavy atom. The van der Waals surface area contributed by atoms with Gasteiger partial charge in [0.1, 0.15) is 6.54 Å². The summed E-state index contributed by atoms with van der Waals surface area (Å²) in [6.07, 6.45) is -2.33. The van der Waals surface area contributed by atoms with Crippen LogP contribution < -0.4 is 5.73 Å². The lowest BCUT2D eigenvalue weighted by Crippen LogP contribution is -2.46. The summed E-state index contributed by atoms with van der Waals surface area (Å²) in [5, 5.41) is 4.37. The van der Waals surface area contributed by atoms with Crippen molar-refractivity contribution in [3.05, 3.63) is 27.9 Å². The van der Waals surface area contributed by atoms with E-state index in [0.29, 0.717) is 16.8 Å². The first-order valence-corrected chi connectivity index (χ1v) is 9.31. The third-order valence-electron chi connectivity index (χ3n) is 5.50. The Balaban J connectivity index is 1.92. The molecule has 1 atom stereocenters. The number of aromatic nitrogens is 2. The van der Waals surface area contributed by atoms with Crippen molar-refractivity contribution in [3.8, 4) is 0 Å². The van der Waals surface area contributed by atoms with Crippen molar-refractivity contribution < 1.29 is 18.0 Å². The molecular weight excluding hydrogens is 413 g/mol. The highest BCUT2D eigenvalue weighted by Gasteiger charge is 2.38. The van der Waals surface area contributed by atoms with Crippen LogP contribution in [0.25, 0.3) is 10.9 Å². The highest BCUT2D eigenvalue weighted by molar-refractivity contribution is 9.10. The van der Waals surface area contributed by atoms with E-state index in [1.165, 1.54) is 0 Å². The van der Waals surface area contributed by atoms with E-state index in [2.05, 4.69) is 25.9 Å². The Morgan fingerprint density at radius 1 is 1.31 bits per heavy atom. The summed E-state index contributed by atoms with van der Waals surface area (Å²) in [7, 11) is 0. The zero-order chi connectivity index (χ0) is 18.6. The van der Waals surface area contributed by atoms with Gasteiger partial charge in [-0.15, -0.1) is 0 Å². The molecule has 1 aromatic carbocycles. The third kappa shape index (κ3) is 3.00. The average Bonchev–Trinajstić information content (AvgIpc) is 2.92. The van der Waals surface area contributed by atoms with E-state index in [4.69, 9.17) is 5.73 Å². The van der Waals surface area contributed by atoms with Crippen molar-refractivity contribution in [2.75, 3.05) is 19.6 Å². The van der Waals surface area contributed by atoms with E-state index >= 15 is 0 Å². The van der Waals surface area contributed by atoms with Crippen LogP contribution in [0.3, 0.4) is 0 Å². The quantitative estimate of drug-likeness (QED) is 0.812. The molecule has 5 nitrogen and oxygen atoms in total. The number of nitrogens with two attached hydrogens (primary N) is 1. The fourth-order valence-corrected chi connectivity index (χ4v) is 5.01. The molecule has 1 aromatic heterocycles.